The fourth-order valence-corrected chi connectivity index (χ4v) is 3.65. The van der Waals surface area contributed by atoms with Crippen molar-refractivity contribution in [3.63, 3.8) is 0 Å². The van der Waals surface area contributed by atoms with E-state index >= 15 is 0 Å². The van der Waals surface area contributed by atoms with Crippen LogP contribution in [0.3, 0.4) is 0 Å². The molecule has 1 aromatic carbocycles. The normalized spacial score (nSPS) is 14.4. The monoisotopic (exact) mass is 461 g/mol. The minimum absolute atomic E-state index is 0.0359. The zero-order valence-corrected chi connectivity index (χ0v) is 19.1. The van der Waals surface area contributed by atoms with Crippen molar-refractivity contribution in [3.8, 4) is 0 Å². The Bertz CT molecular complexity index is 982. The van der Waals surface area contributed by atoms with Crippen LogP contribution in [0.2, 0.25) is 0 Å². The molecule has 33 heavy (non-hydrogen) atoms. The molecular weight excluding hydrogens is 430 g/mol. The van der Waals surface area contributed by atoms with Crippen LogP contribution >= 0.6 is 0 Å². The third-order valence-corrected chi connectivity index (χ3v) is 5.21. The van der Waals surface area contributed by atoms with Crippen LogP contribution in [-0.2, 0) is 14.4 Å². The Morgan fingerprint density at radius 1 is 1.09 bits per heavy atom. The first kappa shape index (κ1) is 25.8. The number of piperidine rings is 1. The van der Waals surface area contributed by atoms with E-state index in [9.17, 15) is 9.59 Å². The first-order valence-corrected chi connectivity index (χ1v) is 10.8. The van der Waals surface area contributed by atoms with Gasteiger partial charge in [-0.15, -0.1) is 0 Å². The van der Waals surface area contributed by atoms with Crippen LogP contribution in [0.15, 0.2) is 24.3 Å². The second-order valence-corrected chi connectivity index (χ2v) is 8.09. The highest BCUT2D eigenvalue weighted by molar-refractivity contribution is 6.27. The number of rotatable bonds is 6. The van der Waals surface area contributed by atoms with E-state index in [1.165, 1.54) is 0 Å². The lowest BCUT2D eigenvalue weighted by molar-refractivity contribution is -0.159. The van der Waals surface area contributed by atoms with E-state index in [1.807, 2.05) is 28.9 Å². The van der Waals surface area contributed by atoms with Gasteiger partial charge in [-0.3, -0.25) is 14.3 Å². The Labute approximate surface area is 191 Å². The molecule has 180 valence electrons. The number of hydrogen-bond acceptors (Lipinski definition) is 6. The third kappa shape index (κ3) is 7.56. The van der Waals surface area contributed by atoms with Gasteiger partial charge in [-0.25, -0.2) is 9.59 Å². The van der Waals surface area contributed by atoms with Crippen LogP contribution in [0, 0.1) is 0 Å². The van der Waals surface area contributed by atoms with Crippen molar-refractivity contribution in [2.45, 2.75) is 45.7 Å². The summed E-state index contributed by atoms with van der Waals surface area (Å²) in [4.78, 5) is 44.3. The molecule has 1 aliphatic heterocycles. The van der Waals surface area contributed by atoms with Crippen LogP contribution in [-0.4, -0.2) is 80.9 Å². The first-order chi connectivity index (χ1) is 15.6. The molecule has 2 heterocycles. The highest BCUT2D eigenvalue weighted by atomic mass is 16.4. The van der Waals surface area contributed by atoms with E-state index in [0.29, 0.717) is 12.2 Å². The number of fused-ring (bicyclic) bond motifs is 1. The number of carbonyl (C=O) groups excluding carboxylic acids is 2. The molecule has 0 aliphatic carbocycles. The molecule has 2 aromatic rings. The van der Waals surface area contributed by atoms with Crippen LogP contribution in [0.1, 0.15) is 50.1 Å². The van der Waals surface area contributed by atoms with Gasteiger partial charge in [0.05, 0.1) is 5.52 Å². The summed E-state index contributed by atoms with van der Waals surface area (Å²) in [6.07, 6.45) is 1.91. The predicted molar refractivity (Wildman–Crippen MR) is 121 cm³/mol. The van der Waals surface area contributed by atoms with Gasteiger partial charge in [0, 0.05) is 50.6 Å². The van der Waals surface area contributed by atoms with Crippen molar-refractivity contribution in [3.05, 3.63) is 30.0 Å². The molecule has 0 bridgehead atoms. The molecule has 3 rings (SSSR count). The number of carboxylic acids is 2. The van der Waals surface area contributed by atoms with Crippen LogP contribution in [0.25, 0.3) is 10.9 Å². The van der Waals surface area contributed by atoms with E-state index in [0.717, 1.165) is 43.4 Å². The van der Waals surface area contributed by atoms with E-state index in [1.54, 1.807) is 6.92 Å². The van der Waals surface area contributed by atoms with Crippen molar-refractivity contribution in [1.82, 2.24) is 25.3 Å². The van der Waals surface area contributed by atoms with Crippen LogP contribution in [0.5, 0.6) is 0 Å². The van der Waals surface area contributed by atoms with Crippen molar-refractivity contribution in [2.24, 2.45) is 0 Å². The number of aliphatic carboxylic acids is 2. The summed E-state index contributed by atoms with van der Waals surface area (Å²) < 4.78 is 1.90. The smallest absolute Gasteiger partial charge is 0.414 e. The Morgan fingerprint density at radius 2 is 1.70 bits per heavy atom. The highest BCUT2D eigenvalue weighted by Crippen LogP contribution is 2.21. The Kier molecular flexibility index (Phi) is 9.34. The third-order valence-electron chi connectivity index (χ3n) is 5.21. The molecule has 1 saturated heterocycles. The van der Waals surface area contributed by atoms with Crippen molar-refractivity contribution in [2.75, 3.05) is 26.2 Å². The second-order valence-electron chi connectivity index (χ2n) is 8.09. The summed E-state index contributed by atoms with van der Waals surface area (Å²) in [5.41, 5.74) is 1.47. The fourth-order valence-electron chi connectivity index (χ4n) is 3.65. The molecule has 11 nitrogen and oxygen atoms in total. The zero-order valence-electron chi connectivity index (χ0n) is 19.1. The van der Waals surface area contributed by atoms with Crippen LogP contribution in [0.4, 0.5) is 0 Å². The SMILES string of the molecule is CC(=O)NC1CCN(CCNC(=O)c2nn(C(C)C)c3ccccc23)CC1.O=C(O)C(=O)O. The van der Waals surface area contributed by atoms with E-state index in [4.69, 9.17) is 19.8 Å². The molecule has 1 aromatic heterocycles. The van der Waals surface area contributed by atoms with E-state index < -0.39 is 11.9 Å². The number of carboxylic acid groups (broad SMARTS) is 2. The largest absolute Gasteiger partial charge is 0.473 e. The summed E-state index contributed by atoms with van der Waals surface area (Å²) in [5.74, 6) is -3.74. The zero-order chi connectivity index (χ0) is 24.5. The number of nitrogens with zero attached hydrogens (tertiary/aromatic N) is 3. The Morgan fingerprint density at radius 3 is 2.24 bits per heavy atom. The second kappa shape index (κ2) is 12.0. The lowest BCUT2D eigenvalue weighted by Crippen LogP contribution is -2.46. The average Bonchev–Trinajstić information content (AvgIpc) is 3.15. The van der Waals surface area contributed by atoms with Gasteiger partial charge in [0.1, 0.15) is 0 Å². The van der Waals surface area contributed by atoms with Gasteiger partial charge < -0.3 is 25.7 Å². The molecule has 0 saturated carbocycles. The molecule has 0 atom stereocenters. The number of para-hydroxylation sites is 1. The number of carbonyl (C=O) groups is 4. The minimum Gasteiger partial charge on any atom is -0.473 e. The molecule has 0 spiro atoms. The molecular formula is C22H31N5O6. The molecule has 4 N–H and O–H groups in total. The number of aromatic nitrogens is 2. The van der Waals surface area contributed by atoms with Gasteiger partial charge >= 0.3 is 11.9 Å². The van der Waals surface area contributed by atoms with Crippen molar-refractivity contribution in [1.29, 1.82) is 0 Å². The number of likely N-dealkylation sites (tertiary alicyclic amines) is 1. The van der Waals surface area contributed by atoms with Crippen LogP contribution < -0.4 is 10.6 Å². The lowest BCUT2D eigenvalue weighted by Gasteiger charge is -2.32. The predicted octanol–water partition coefficient (Wildman–Crippen LogP) is 1.10. The summed E-state index contributed by atoms with van der Waals surface area (Å²) in [7, 11) is 0. The lowest BCUT2D eigenvalue weighted by atomic mass is 10.1. The van der Waals surface area contributed by atoms with Gasteiger partial charge in [0.2, 0.25) is 5.91 Å². The Hall–Kier alpha value is -3.47. The number of amides is 2. The average molecular weight is 462 g/mol. The summed E-state index contributed by atoms with van der Waals surface area (Å²) in [5, 5.41) is 26.2. The van der Waals surface area contributed by atoms with Crippen molar-refractivity contribution < 1.29 is 29.4 Å². The quantitative estimate of drug-likeness (QED) is 0.467. The van der Waals surface area contributed by atoms with E-state index in [2.05, 4.69) is 34.5 Å². The molecule has 1 fully saturated rings. The summed E-state index contributed by atoms with van der Waals surface area (Å²) in [6, 6.07) is 8.32. The standard InChI is InChI=1S/C20H29N5O2.C2H2O4/c1-14(2)25-18-7-5-4-6-17(18)19(23-25)20(27)21-10-13-24-11-8-16(9-12-24)22-15(3)26;3-1(4)2(5)6/h4-7,14,16H,8-13H2,1-3H3,(H,21,27)(H,22,26);(H,3,4)(H,5,6). The van der Waals surface area contributed by atoms with E-state index in [-0.39, 0.29) is 23.9 Å². The molecule has 2 amide bonds. The van der Waals surface area contributed by atoms with Gasteiger partial charge in [0.15, 0.2) is 5.69 Å². The number of benzene rings is 1. The van der Waals surface area contributed by atoms with Gasteiger partial charge in [-0.2, -0.15) is 5.10 Å². The maximum Gasteiger partial charge on any atom is 0.414 e. The van der Waals surface area contributed by atoms with Gasteiger partial charge in [0.25, 0.3) is 5.91 Å². The summed E-state index contributed by atoms with van der Waals surface area (Å²) >= 11 is 0. The molecule has 1 aliphatic rings. The maximum atomic E-state index is 12.7. The highest BCUT2D eigenvalue weighted by Gasteiger charge is 2.21. The van der Waals surface area contributed by atoms with Crippen molar-refractivity contribution >= 4 is 34.7 Å². The number of nitrogens with one attached hydrogen (secondary N) is 2. The molecule has 0 radical (unpaired) electrons. The topological polar surface area (TPSA) is 154 Å². The fraction of sp³-hybridized carbons (Fsp3) is 0.500. The van der Waals surface area contributed by atoms with Gasteiger partial charge in [-0.1, -0.05) is 18.2 Å². The minimum atomic E-state index is -1.82. The summed E-state index contributed by atoms with van der Waals surface area (Å²) in [6.45, 7) is 8.95. The molecule has 0 unspecified atom stereocenters. The molecule has 11 heteroatoms. The maximum absolute atomic E-state index is 12.7. The number of hydrogen-bond donors (Lipinski definition) is 4. The first-order valence-electron chi connectivity index (χ1n) is 10.8. The van der Waals surface area contributed by atoms with Gasteiger partial charge in [-0.05, 0) is 32.8 Å². The Balaban J connectivity index is 0.000000569.